The van der Waals surface area contributed by atoms with Crippen LogP contribution in [-0.4, -0.2) is 22.8 Å². The molecule has 4 rings (SSSR count). The third-order valence-electron chi connectivity index (χ3n) is 4.28. The molecular weight excluding hydrogens is 312 g/mol. The quantitative estimate of drug-likeness (QED) is 0.553. The zero-order chi connectivity index (χ0) is 17.4. The summed E-state index contributed by atoms with van der Waals surface area (Å²) in [4.78, 5) is 18.9. The Labute approximate surface area is 145 Å². The fourth-order valence-electron chi connectivity index (χ4n) is 2.96. The summed E-state index contributed by atoms with van der Waals surface area (Å²) in [6, 6.07) is 19.8. The molecule has 2 heterocycles. The summed E-state index contributed by atoms with van der Waals surface area (Å²) in [7, 11) is 1.77. The smallest absolute Gasteiger partial charge is 0.289 e. The van der Waals surface area contributed by atoms with Crippen molar-refractivity contribution >= 4 is 27.9 Å². The summed E-state index contributed by atoms with van der Waals surface area (Å²) in [6.07, 6.45) is 0. The third kappa shape index (κ3) is 2.98. The standard InChI is InChI=1S/C21H18N2O2/c1-14-8-9-16-11-17-12-19(25-20(17)22-18(16)10-14)21(24)23(2)13-15-6-4-3-5-7-15/h3-12H,13H2,1-2H3. The number of nitrogens with zero attached hydrogens (tertiary/aromatic N) is 2. The second-order valence-electron chi connectivity index (χ2n) is 6.34. The molecule has 0 saturated heterocycles. The monoisotopic (exact) mass is 330 g/mol. The molecule has 0 unspecified atom stereocenters. The number of aromatic nitrogens is 1. The minimum atomic E-state index is -0.151. The van der Waals surface area contributed by atoms with E-state index in [-0.39, 0.29) is 5.91 Å². The van der Waals surface area contributed by atoms with E-state index < -0.39 is 0 Å². The Morgan fingerprint density at radius 2 is 1.84 bits per heavy atom. The molecule has 0 aliphatic carbocycles. The predicted molar refractivity (Wildman–Crippen MR) is 98.5 cm³/mol. The molecule has 0 spiro atoms. The number of benzene rings is 2. The van der Waals surface area contributed by atoms with Crippen LogP contribution >= 0.6 is 0 Å². The Bertz CT molecular complexity index is 1070. The van der Waals surface area contributed by atoms with Gasteiger partial charge in [0.1, 0.15) is 0 Å². The second kappa shape index (κ2) is 6.06. The lowest BCUT2D eigenvalue weighted by Crippen LogP contribution is -2.25. The number of carbonyl (C=O) groups excluding carboxylic acids is 1. The van der Waals surface area contributed by atoms with E-state index in [1.807, 2.05) is 55.5 Å². The highest BCUT2D eigenvalue weighted by Crippen LogP contribution is 2.24. The van der Waals surface area contributed by atoms with E-state index in [4.69, 9.17) is 4.42 Å². The third-order valence-corrected chi connectivity index (χ3v) is 4.28. The van der Waals surface area contributed by atoms with Gasteiger partial charge in [-0.25, -0.2) is 4.98 Å². The summed E-state index contributed by atoms with van der Waals surface area (Å²) in [6.45, 7) is 2.56. The van der Waals surface area contributed by atoms with Gasteiger partial charge in [-0.2, -0.15) is 0 Å². The maximum absolute atomic E-state index is 12.7. The van der Waals surface area contributed by atoms with Crippen LogP contribution in [0.15, 0.2) is 65.1 Å². The molecule has 0 bridgehead atoms. The summed E-state index contributed by atoms with van der Waals surface area (Å²) >= 11 is 0. The molecule has 0 atom stereocenters. The van der Waals surface area contributed by atoms with Crippen molar-refractivity contribution in [3.63, 3.8) is 0 Å². The predicted octanol–water partition coefficient (Wildman–Crippen LogP) is 4.56. The van der Waals surface area contributed by atoms with E-state index in [0.717, 1.165) is 27.4 Å². The minimum Gasteiger partial charge on any atom is -0.433 e. The number of fused-ring (bicyclic) bond motifs is 2. The molecule has 4 aromatic rings. The van der Waals surface area contributed by atoms with Crippen LogP contribution < -0.4 is 0 Å². The van der Waals surface area contributed by atoms with Crippen molar-refractivity contribution in [2.75, 3.05) is 7.05 Å². The first-order valence-corrected chi connectivity index (χ1v) is 8.20. The van der Waals surface area contributed by atoms with E-state index in [0.29, 0.717) is 18.0 Å². The van der Waals surface area contributed by atoms with Gasteiger partial charge in [-0.3, -0.25) is 4.79 Å². The van der Waals surface area contributed by atoms with Gasteiger partial charge in [0.2, 0.25) is 5.71 Å². The van der Waals surface area contributed by atoms with Gasteiger partial charge in [0.15, 0.2) is 5.76 Å². The second-order valence-corrected chi connectivity index (χ2v) is 6.34. The van der Waals surface area contributed by atoms with Crippen molar-refractivity contribution in [1.29, 1.82) is 0 Å². The minimum absolute atomic E-state index is 0.151. The molecule has 2 aromatic heterocycles. The zero-order valence-corrected chi connectivity index (χ0v) is 14.2. The van der Waals surface area contributed by atoms with Crippen LogP contribution in [0.3, 0.4) is 0 Å². The molecule has 2 aromatic carbocycles. The molecule has 124 valence electrons. The number of carbonyl (C=O) groups is 1. The van der Waals surface area contributed by atoms with Crippen molar-refractivity contribution in [3.8, 4) is 0 Å². The first-order valence-electron chi connectivity index (χ1n) is 8.20. The van der Waals surface area contributed by atoms with E-state index >= 15 is 0 Å². The Kier molecular flexibility index (Phi) is 3.73. The highest BCUT2D eigenvalue weighted by Gasteiger charge is 2.18. The Morgan fingerprint density at radius 3 is 2.64 bits per heavy atom. The van der Waals surface area contributed by atoms with Crippen LogP contribution in [0, 0.1) is 6.92 Å². The molecule has 25 heavy (non-hydrogen) atoms. The number of aryl methyl sites for hydroxylation is 1. The molecule has 0 aliphatic rings. The lowest BCUT2D eigenvalue weighted by Gasteiger charge is -2.15. The Morgan fingerprint density at radius 1 is 1.04 bits per heavy atom. The Balaban J connectivity index is 1.66. The molecule has 4 nitrogen and oxygen atoms in total. The molecule has 1 amide bonds. The molecule has 0 N–H and O–H groups in total. The topological polar surface area (TPSA) is 46.3 Å². The van der Waals surface area contributed by atoms with Gasteiger partial charge in [-0.05, 0) is 36.2 Å². The normalized spacial score (nSPS) is 11.1. The van der Waals surface area contributed by atoms with Gasteiger partial charge in [0.05, 0.1) is 5.52 Å². The van der Waals surface area contributed by atoms with Gasteiger partial charge in [-0.1, -0.05) is 42.5 Å². The lowest BCUT2D eigenvalue weighted by atomic mass is 10.1. The maximum atomic E-state index is 12.7. The van der Waals surface area contributed by atoms with Gasteiger partial charge in [-0.15, -0.1) is 0 Å². The van der Waals surface area contributed by atoms with Crippen LogP contribution in [0.5, 0.6) is 0 Å². The SMILES string of the molecule is Cc1ccc2cc3cc(C(=O)N(C)Cc4ccccc4)oc3nc2c1. The van der Waals surface area contributed by atoms with Crippen molar-refractivity contribution in [2.45, 2.75) is 13.5 Å². The number of rotatable bonds is 3. The first-order chi connectivity index (χ1) is 12.1. The van der Waals surface area contributed by atoms with Gasteiger partial charge in [0.25, 0.3) is 5.91 Å². The van der Waals surface area contributed by atoms with Crippen LogP contribution in [0.25, 0.3) is 22.0 Å². The fourth-order valence-corrected chi connectivity index (χ4v) is 2.96. The van der Waals surface area contributed by atoms with Crippen molar-refractivity contribution in [3.05, 3.63) is 77.6 Å². The summed E-state index contributed by atoms with van der Waals surface area (Å²) in [5, 5.41) is 1.88. The average molecular weight is 330 g/mol. The van der Waals surface area contributed by atoms with Crippen LogP contribution in [0.1, 0.15) is 21.7 Å². The largest absolute Gasteiger partial charge is 0.433 e. The summed E-state index contributed by atoms with van der Waals surface area (Å²) < 4.78 is 5.73. The molecule has 4 heteroatoms. The molecule has 0 fully saturated rings. The van der Waals surface area contributed by atoms with E-state index in [1.54, 1.807) is 18.0 Å². The number of furan rings is 1. The van der Waals surface area contributed by atoms with Crippen LogP contribution in [-0.2, 0) is 6.54 Å². The van der Waals surface area contributed by atoms with E-state index in [2.05, 4.69) is 11.1 Å². The van der Waals surface area contributed by atoms with Crippen LogP contribution in [0.4, 0.5) is 0 Å². The maximum Gasteiger partial charge on any atom is 0.289 e. The number of hydrogen-bond donors (Lipinski definition) is 0. The van der Waals surface area contributed by atoms with Crippen molar-refractivity contribution in [2.24, 2.45) is 0 Å². The summed E-state index contributed by atoms with van der Waals surface area (Å²) in [5.41, 5.74) is 3.59. The van der Waals surface area contributed by atoms with Gasteiger partial charge >= 0.3 is 0 Å². The number of pyridine rings is 1. The first kappa shape index (κ1) is 15.4. The fraction of sp³-hybridized carbons (Fsp3) is 0.143. The lowest BCUT2D eigenvalue weighted by molar-refractivity contribution is 0.0755. The van der Waals surface area contributed by atoms with E-state index in [9.17, 15) is 4.79 Å². The molecular formula is C21H18N2O2. The molecule has 0 saturated carbocycles. The van der Waals surface area contributed by atoms with Gasteiger partial charge in [0, 0.05) is 24.4 Å². The Hall–Kier alpha value is -3.14. The van der Waals surface area contributed by atoms with Gasteiger partial charge < -0.3 is 9.32 Å². The van der Waals surface area contributed by atoms with Crippen molar-refractivity contribution < 1.29 is 9.21 Å². The van der Waals surface area contributed by atoms with E-state index in [1.165, 1.54) is 0 Å². The highest BCUT2D eigenvalue weighted by atomic mass is 16.4. The number of amides is 1. The summed E-state index contributed by atoms with van der Waals surface area (Å²) in [5.74, 6) is 0.162. The zero-order valence-electron chi connectivity index (χ0n) is 14.2. The highest BCUT2D eigenvalue weighted by molar-refractivity contribution is 5.98. The van der Waals surface area contributed by atoms with Crippen molar-refractivity contribution in [1.82, 2.24) is 9.88 Å². The number of hydrogen-bond acceptors (Lipinski definition) is 3. The van der Waals surface area contributed by atoms with Crippen LogP contribution in [0.2, 0.25) is 0 Å². The average Bonchev–Trinajstić information content (AvgIpc) is 3.02. The molecule has 0 aliphatic heterocycles. The molecule has 0 radical (unpaired) electrons.